The van der Waals surface area contributed by atoms with Gasteiger partial charge in [-0.1, -0.05) is 209 Å². The average molecular weight is 1480 g/mol. The minimum absolute atomic E-state index is 0.0547. The van der Waals surface area contributed by atoms with E-state index in [4.69, 9.17) is 91.8 Å². The van der Waals surface area contributed by atoms with Crippen LogP contribution in [0.15, 0.2) is 124 Å². The minimum atomic E-state index is -3.72. The van der Waals surface area contributed by atoms with Crippen LogP contribution >= 0.6 is 80.3 Å². The zero-order chi connectivity index (χ0) is 68.0. The largest absolute Gasteiger partial charge is 0.330 e. The zero-order valence-electron chi connectivity index (χ0n) is 54.7. The molecule has 94 heavy (non-hydrogen) atoms. The van der Waals surface area contributed by atoms with Gasteiger partial charge in [0, 0.05) is 104 Å². The van der Waals surface area contributed by atoms with Crippen molar-refractivity contribution >= 4 is 109 Å². The van der Waals surface area contributed by atoms with E-state index in [1.165, 1.54) is 69.9 Å². The molecule has 0 spiro atoms. The van der Waals surface area contributed by atoms with Crippen LogP contribution < -0.4 is 16.2 Å². The second kappa shape index (κ2) is 38.5. The molecular formula is C72H95Cl7N6O6S3. The molecule has 0 saturated heterocycles. The van der Waals surface area contributed by atoms with Crippen molar-refractivity contribution in [3.8, 4) is 0 Å². The number of rotatable bonds is 31. The number of likely N-dealkylation sites (N-methyl/N-ethyl adjacent to an activating group) is 3. The van der Waals surface area contributed by atoms with Crippen LogP contribution in [-0.2, 0) is 48.5 Å². The van der Waals surface area contributed by atoms with Gasteiger partial charge in [0.1, 0.15) is 0 Å². The van der Waals surface area contributed by atoms with Crippen molar-refractivity contribution < 1.29 is 25.3 Å². The van der Waals surface area contributed by atoms with Crippen LogP contribution in [0, 0.1) is 0 Å². The maximum absolute atomic E-state index is 13.1. The second-order valence-corrected chi connectivity index (χ2v) is 34.6. The molecular weight excluding hydrogens is 1390 g/mol. The van der Waals surface area contributed by atoms with Gasteiger partial charge in [0.05, 0.1) is 20.4 Å². The lowest BCUT2D eigenvalue weighted by molar-refractivity contribution is 0.295. The minimum Gasteiger partial charge on any atom is -0.330 e. The van der Waals surface area contributed by atoms with Gasteiger partial charge >= 0.3 is 0 Å². The fraction of sp³-hybridized carbons (Fsp3) is 0.500. The Morgan fingerprint density at radius 2 is 0.681 bits per heavy atom. The Hall–Kier alpha value is -3.04. The van der Waals surface area contributed by atoms with E-state index >= 15 is 0 Å². The summed E-state index contributed by atoms with van der Waals surface area (Å²) in [5.74, 6) is 0.365. The molecule has 0 amide bonds. The molecule has 0 fully saturated rings. The summed E-state index contributed by atoms with van der Waals surface area (Å²) in [7, 11) is 0.863. The number of sulfonamides is 1. The number of nitrogens with zero attached hydrogens (tertiary/aromatic N) is 3. The normalized spacial score (nSPS) is 16.9. The third kappa shape index (κ3) is 23.8. The molecule has 0 aliphatic carbocycles. The van der Waals surface area contributed by atoms with Crippen LogP contribution in [0.3, 0.4) is 0 Å². The topological polar surface area (TPSA) is 176 Å². The van der Waals surface area contributed by atoms with Gasteiger partial charge in [-0.2, -0.15) is 0 Å². The van der Waals surface area contributed by atoms with Gasteiger partial charge in [-0.3, -0.25) is 0 Å². The Morgan fingerprint density at radius 3 is 1.00 bits per heavy atom. The number of nitrogens with two attached hydrogens (primary N) is 2. The van der Waals surface area contributed by atoms with Crippen molar-refractivity contribution in [3.63, 3.8) is 0 Å². The Labute approximate surface area is 596 Å². The highest BCUT2D eigenvalue weighted by atomic mass is 35.7. The van der Waals surface area contributed by atoms with Crippen molar-refractivity contribution in [1.82, 2.24) is 19.4 Å². The van der Waals surface area contributed by atoms with Gasteiger partial charge in [-0.15, -0.1) is 0 Å². The summed E-state index contributed by atoms with van der Waals surface area (Å²) in [5.41, 5.74) is 20.4. The molecule has 0 saturated carbocycles. The van der Waals surface area contributed by atoms with Crippen LogP contribution in [0.25, 0.3) is 0 Å². The molecule has 0 bridgehead atoms. The van der Waals surface area contributed by atoms with Crippen molar-refractivity contribution in [2.75, 3.05) is 66.2 Å². The molecule has 22 heteroatoms. The van der Waals surface area contributed by atoms with Gasteiger partial charge < -0.3 is 26.2 Å². The van der Waals surface area contributed by atoms with Crippen LogP contribution in [0.2, 0.25) is 30.1 Å². The monoisotopic (exact) mass is 1480 g/mol. The molecule has 3 heterocycles. The summed E-state index contributed by atoms with van der Waals surface area (Å²) < 4.78 is 77.8. The van der Waals surface area contributed by atoms with Crippen LogP contribution in [0.4, 0.5) is 0 Å². The third-order valence-electron chi connectivity index (χ3n) is 18.1. The summed E-state index contributed by atoms with van der Waals surface area (Å²) in [6.45, 7) is 6.81. The number of nitrogens with one attached hydrogen (secondary N) is 1. The highest BCUT2D eigenvalue weighted by Gasteiger charge is 2.31. The first-order valence-electron chi connectivity index (χ1n) is 33.2. The summed E-state index contributed by atoms with van der Waals surface area (Å²) in [4.78, 5) is 7.36. The maximum Gasteiger partial charge on any atom is 0.261 e. The fourth-order valence-electron chi connectivity index (χ4n) is 13.0. The Morgan fingerprint density at radius 1 is 0.394 bits per heavy atom. The summed E-state index contributed by atoms with van der Waals surface area (Å²) in [6, 6.07) is 32.3. The molecule has 516 valence electrons. The van der Waals surface area contributed by atoms with Crippen LogP contribution in [0.5, 0.6) is 0 Å². The first-order chi connectivity index (χ1) is 44.9. The second-order valence-electron chi connectivity index (χ2n) is 25.6. The van der Waals surface area contributed by atoms with E-state index in [-0.39, 0.29) is 33.3 Å². The number of hydrogen-bond donors (Lipinski definition) is 3. The molecule has 3 aliphatic heterocycles. The number of sulfone groups is 1. The van der Waals surface area contributed by atoms with E-state index in [2.05, 4.69) is 33.5 Å². The van der Waals surface area contributed by atoms with Gasteiger partial charge in [0.25, 0.3) is 9.05 Å². The van der Waals surface area contributed by atoms with Gasteiger partial charge in [-0.05, 0) is 183 Å². The SMILES string of the molecule is CN1Cc2c(Cl)cc(Cl)cc2C(c2ccc(S(=O)(=O)CCCCCCCCCCCCCNS(=O)(=O)c3ccc(C4CN(C)Cc5c(Cl)cc(Cl)cc54)cc3)cc2)C1.CN1Cc2c(Cl)cc(Cl)cc2C(c2ccc(S(=O)(=O)Cl)cc2)C1.NCCCCCCCCCCCN. The first kappa shape index (κ1) is 78.3. The van der Waals surface area contributed by atoms with E-state index in [1.54, 1.807) is 54.6 Å². The highest BCUT2D eigenvalue weighted by molar-refractivity contribution is 8.13. The molecule has 0 aromatic heterocycles. The summed E-state index contributed by atoms with van der Waals surface area (Å²) in [5, 5.41) is 3.79. The van der Waals surface area contributed by atoms with Gasteiger partial charge in [-0.25, -0.2) is 30.0 Å². The number of benzene rings is 6. The van der Waals surface area contributed by atoms with Crippen molar-refractivity contribution in [3.05, 3.63) is 189 Å². The standard InChI is InChI=1S/C45H55Cl4N3O4S2.C16H14Cl3NO2S.C11H26N2/c1-51-28-40(38-24-34(46)26-44(48)42(38)30-51)32-14-18-36(19-15-32)57(53,54)23-13-11-9-7-5-3-4-6-8-10-12-22-50-58(55,56)37-20-16-33(17-21-37)41-29-52(2)31-43-39(41)25-35(47)27-45(43)49;1-20-8-14(10-2-4-12(5-3-10)23(19,21)22)13-6-11(17)7-16(18)15(13)9-20;12-10-8-6-4-2-1-3-5-7-9-11-13/h14-21,24-27,40-41,50H,3-13,22-23,28-31H2,1-2H3;2-7,14H,8-9H2,1H3;1-13H2. The Balaban J connectivity index is 0.000000281. The summed E-state index contributed by atoms with van der Waals surface area (Å²) >= 11 is 38.2. The smallest absolute Gasteiger partial charge is 0.261 e. The zero-order valence-corrected chi connectivity index (χ0v) is 62.4. The predicted molar refractivity (Wildman–Crippen MR) is 394 cm³/mol. The maximum atomic E-state index is 13.1. The van der Waals surface area contributed by atoms with Crippen LogP contribution in [0.1, 0.15) is 196 Å². The van der Waals surface area contributed by atoms with E-state index in [0.717, 1.165) is 167 Å². The lowest BCUT2D eigenvalue weighted by atomic mass is 9.85. The molecule has 0 radical (unpaired) electrons. The Kier molecular flexibility index (Phi) is 32.1. The molecule has 6 aromatic carbocycles. The van der Waals surface area contributed by atoms with Gasteiger partial charge in [0.15, 0.2) is 9.84 Å². The predicted octanol–water partition coefficient (Wildman–Crippen LogP) is 18.4. The molecule has 9 rings (SSSR count). The number of unbranched alkanes of at least 4 members (excludes halogenated alkanes) is 18. The third-order valence-corrected chi connectivity index (χ3v) is 24.4. The molecule has 12 nitrogen and oxygen atoms in total. The summed E-state index contributed by atoms with van der Waals surface area (Å²) in [6.07, 6.45) is 23.1. The van der Waals surface area contributed by atoms with Crippen LogP contribution in [-0.4, -0.2) is 106 Å². The quantitative estimate of drug-likeness (QED) is 0.0279. The van der Waals surface area contributed by atoms with E-state index in [9.17, 15) is 25.3 Å². The van der Waals surface area contributed by atoms with Gasteiger partial charge in [0.2, 0.25) is 10.0 Å². The number of fused-ring (bicyclic) bond motifs is 3. The van der Waals surface area contributed by atoms with Crippen molar-refractivity contribution in [2.45, 2.75) is 180 Å². The van der Waals surface area contributed by atoms with Crippen molar-refractivity contribution in [2.24, 2.45) is 11.5 Å². The lowest BCUT2D eigenvalue weighted by Crippen LogP contribution is -2.31. The van der Waals surface area contributed by atoms with E-state index < -0.39 is 28.9 Å². The highest BCUT2D eigenvalue weighted by Crippen LogP contribution is 2.42. The Bertz CT molecular complexity index is 3550. The molecule has 3 atom stereocenters. The lowest BCUT2D eigenvalue weighted by Gasteiger charge is -2.33. The molecule has 6 aromatic rings. The molecule has 3 unspecified atom stereocenters. The molecule has 3 aliphatic rings. The van der Waals surface area contributed by atoms with E-state index in [1.807, 2.05) is 49.5 Å². The average Bonchev–Trinajstić information content (AvgIpc) is 0.791. The van der Waals surface area contributed by atoms with E-state index in [0.29, 0.717) is 48.0 Å². The number of hydrogen-bond acceptors (Lipinski definition) is 11. The first-order valence-corrected chi connectivity index (χ1v) is 41.0. The van der Waals surface area contributed by atoms with Crippen molar-refractivity contribution in [1.29, 1.82) is 0 Å². The fourth-order valence-corrected chi connectivity index (χ4v) is 17.9. The number of halogens is 7. The molecule has 5 N–H and O–H groups in total.